The van der Waals surface area contributed by atoms with Crippen molar-refractivity contribution in [3.05, 3.63) is 65.2 Å². The molecule has 1 amide bonds. The topological polar surface area (TPSA) is 102 Å². The molecule has 0 atom stereocenters. The third-order valence-electron chi connectivity index (χ3n) is 4.09. The zero-order chi connectivity index (χ0) is 19.6. The van der Waals surface area contributed by atoms with E-state index < -0.39 is 5.97 Å². The molecule has 3 aromatic rings. The van der Waals surface area contributed by atoms with Gasteiger partial charge in [-0.25, -0.2) is 9.48 Å². The van der Waals surface area contributed by atoms with Crippen LogP contribution < -0.4 is 5.32 Å². The van der Waals surface area contributed by atoms with Crippen LogP contribution in [-0.2, 0) is 13.6 Å². The summed E-state index contributed by atoms with van der Waals surface area (Å²) in [4.78, 5) is 23.5. The van der Waals surface area contributed by atoms with Crippen LogP contribution in [0.25, 0.3) is 5.69 Å². The third kappa shape index (κ3) is 4.05. The van der Waals surface area contributed by atoms with Gasteiger partial charge in [-0.2, -0.15) is 10.2 Å². The lowest BCUT2D eigenvalue weighted by Gasteiger charge is -2.08. The second-order valence-electron chi connectivity index (χ2n) is 6.56. The Hall–Kier alpha value is -3.42. The number of carboxylic acids is 1. The number of carbonyl (C=O) groups excluding carboxylic acids is 1. The maximum atomic E-state index is 12.5. The fraction of sp³-hybridized carbons (Fsp3) is 0.263. The number of aromatic nitrogens is 4. The third-order valence-corrected chi connectivity index (χ3v) is 4.09. The molecular weight excluding hydrogens is 346 g/mol. The molecule has 2 aromatic heterocycles. The fourth-order valence-electron chi connectivity index (χ4n) is 2.78. The second-order valence-corrected chi connectivity index (χ2v) is 6.56. The first kappa shape index (κ1) is 18.4. The highest BCUT2D eigenvalue weighted by atomic mass is 16.4. The van der Waals surface area contributed by atoms with Crippen LogP contribution in [-0.4, -0.2) is 36.5 Å². The molecule has 3 rings (SSSR count). The molecule has 0 unspecified atom stereocenters. The van der Waals surface area contributed by atoms with Crippen molar-refractivity contribution in [1.29, 1.82) is 0 Å². The quantitative estimate of drug-likeness (QED) is 0.696. The number of aryl methyl sites for hydroxylation is 1. The molecule has 140 valence electrons. The highest BCUT2D eigenvalue weighted by molar-refractivity contribution is 5.95. The van der Waals surface area contributed by atoms with Crippen LogP contribution in [0.3, 0.4) is 0 Å². The Morgan fingerprint density at radius 2 is 2.00 bits per heavy atom. The molecule has 2 N–H and O–H groups in total. The Morgan fingerprint density at radius 3 is 2.67 bits per heavy atom. The predicted molar refractivity (Wildman–Crippen MR) is 99.0 cm³/mol. The van der Waals surface area contributed by atoms with Crippen LogP contribution in [0.2, 0.25) is 0 Å². The summed E-state index contributed by atoms with van der Waals surface area (Å²) in [6.07, 6.45) is 3.31. The molecule has 0 aliphatic carbocycles. The molecule has 0 radical (unpaired) electrons. The van der Waals surface area contributed by atoms with E-state index in [4.69, 9.17) is 5.11 Å². The van der Waals surface area contributed by atoms with Gasteiger partial charge in [-0.1, -0.05) is 26.0 Å². The van der Waals surface area contributed by atoms with Gasteiger partial charge in [0.15, 0.2) is 5.69 Å². The number of rotatable bonds is 6. The molecule has 0 aliphatic rings. The molecule has 0 aliphatic heterocycles. The molecule has 8 heteroatoms. The molecule has 8 nitrogen and oxygen atoms in total. The zero-order valence-electron chi connectivity index (χ0n) is 15.4. The lowest BCUT2D eigenvalue weighted by atomic mass is 10.1. The number of benzene rings is 1. The number of carboxylic acid groups (broad SMARTS) is 1. The van der Waals surface area contributed by atoms with Crippen molar-refractivity contribution in [3.8, 4) is 5.69 Å². The molecule has 0 bridgehead atoms. The summed E-state index contributed by atoms with van der Waals surface area (Å²) in [6.45, 7) is 4.34. The van der Waals surface area contributed by atoms with Gasteiger partial charge in [0.1, 0.15) is 0 Å². The van der Waals surface area contributed by atoms with E-state index in [1.165, 1.54) is 10.7 Å². The van der Waals surface area contributed by atoms with Gasteiger partial charge in [0, 0.05) is 26.0 Å². The largest absolute Gasteiger partial charge is 0.476 e. The minimum absolute atomic E-state index is 0.0218. The van der Waals surface area contributed by atoms with Crippen LogP contribution in [0, 0.1) is 0 Å². The SMILES string of the molecule is CC(C)c1nn(C)cc1C(=O)NCc1cccc(-n2ccc(C(=O)O)n2)c1. The maximum absolute atomic E-state index is 12.5. The lowest BCUT2D eigenvalue weighted by molar-refractivity contribution is 0.0689. The summed E-state index contributed by atoms with van der Waals surface area (Å²) >= 11 is 0. The monoisotopic (exact) mass is 367 g/mol. The van der Waals surface area contributed by atoms with Gasteiger partial charge in [-0.15, -0.1) is 0 Å². The van der Waals surface area contributed by atoms with Crippen molar-refractivity contribution in [3.63, 3.8) is 0 Å². The van der Waals surface area contributed by atoms with Crippen LogP contribution >= 0.6 is 0 Å². The number of aromatic carboxylic acids is 1. The predicted octanol–water partition coefficient (Wildman–Crippen LogP) is 2.36. The van der Waals surface area contributed by atoms with Crippen LogP contribution in [0.4, 0.5) is 0 Å². The van der Waals surface area contributed by atoms with Gasteiger partial charge in [0.05, 0.1) is 16.9 Å². The zero-order valence-corrected chi connectivity index (χ0v) is 15.4. The van der Waals surface area contributed by atoms with E-state index in [1.807, 2.05) is 38.1 Å². The minimum atomic E-state index is -1.07. The number of hydrogen-bond acceptors (Lipinski definition) is 4. The molecule has 0 spiro atoms. The van der Waals surface area contributed by atoms with Crippen molar-refractivity contribution in [1.82, 2.24) is 24.9 Å². The van der Waals surface area contributed by atoms with Crippen LogP contribution in [0.15, 0.2) is 42.7 Å². The first-order chi connectivity index (χ1) is 12.8. The second kappa shape index (κ2) is 7.45. The summed E-state index contributed by atoms with van der Waals surface area (Å²) in [6, 6.07) is 8.83. The Labute approximate surface area is 156 Å². The van der Waals surface area contributed by atoms with Gasteiger partial charge in [-0.3, -0.25) is 9.48 Å². The van der Waals surface area contributed by atoms with Crippen molar-refractivity contribution in [2.75, 3.05) is 0 Å². The fourth-order valence-corrected chi connectivity index (χ4v) is 2.78. The highest BCUT2D eigenvalue weighted by Gasteiger charge is 2.17. The molecule has 27 heavy (non-hydrogen) atoms. The summed E-state index contributed by atoms with van der Waals surface area (Å²) < 4.78 is 3.13. The number of hydrogen-bond donors (Lipinski definition) is 2. The van der Waals surface area contributed by atoms with Gasteiger partial charge in [-0.05, 0) is 29.7 Å². The average Bonchev–Trinajstić information content (AvgIpc) is 3.27. The van der Waals surface area contributed by atoms with Crippen molar-refractivity contribution in [2.24, 2.45) is 7.05 Å². The molecule has 0 saturated heterocycles. The number of nitrogens with zero attached hydrogens (tertiary/aromatic N) is 4. The first-order valence-electron chi connectivity index (χ1n) is 8.55. The molecule has 2 heterocycles. The van der Waals surface area contributed by atoms with E-state index in [0.717, 1.165) is 16.9 Å². The van der Waals surface area contributed by atoms with Gasteiger partial charge >= 0.3 is 5.97 Å². The number of carbonyl (C=O) groups is 2. The summed E-state index contributed by atoms with van der Waals surface area (Å²) in [5, 5.41) is 20.3. The summed E-state index contributed by atoms with van der Waals surface area (Å²) in [5.41, 5.74) is 2.91. The van der Waals surface area contributed by atoms with Gasteiger partial charge < -0.3 is 10.4 Å². The van der Waals surface area contributed by atoms with E-state index >= 15 is 0 Å². The Balaban J connectivity index is 1.73. The maximum Gasteiger partial charge on any atom is 0.356 e. The van der Waals surface area contributed by atoms with Crippen LogP contribution in [0.1, 0.15) is 51.9 Å². The molecule has 0 fully saturated rings. The van der Waals surface area contributed by atoms with E-state index in [2.05, 4.69) is 15.5 Å². The van der Waals surface area contributed by atoms with E-state index in [0.29, 0.717) is 12.1 Å². The lowest BCUT2D eigenvalue weighted by Crippen LogP contribution is -2.23. The number of nitrogens with one attached hydrogen (secondary N) is 1. The normalized spacial score (nSPS) is 11.0. The van der Waals surface area contributed by atoms with Gasteiger partial charge in [0.25, 0.3) is 5.91 Å². The van der Waals surface area contributed by atoms with Crippen molar-refractivity contribution < 1.29 is 14.7 Å². The Morgan fingerprint density at radius 1 is 1.22 bits per heavy atom. The van der Waals surface area contributed by atoms with E-state index in [-0.39, 0.29) is 17.5 Å². The Bertz CT molecular complexity index is 987. The standard InChI is InChI=1S/C19H21N5O3/c1-12(2)17-15(11-23(3)22-17)18(25)20-10-13-5-4-6-14(9-13)24-8-7-16(21-24)19(26)27/h4-9,11-12H,10H2,1-3H3,(H,20,25)(H,26,27). The minimum Gasteiger partial charge on any atom is -0.476 e. The number of amides is 1. The van der Waals surface area contributed by atoms with Crippen molar-refractivity contribution >= 4 is 11.9 Å². The summed E-state index contributed by atoms with van der Waals surface area (Å²) in [5.74, 6) is -1.10. The summed E-state index contributed by atoms with van der Waals surface area (Å²) in [7, 11) is 1.79. The molecular formula is C19H21N5O3. The Kier molecular flexibility index (Phi) is 5.07. The molecule has 1 aromatic carbocycles. The van der Waals surface area contributed by atoms with E-state index in [1.54, 1.807) is 24.1 Å². The first-order valence-corrected chi connectivity index (χ1v) is 8.55. The van der Waals surface area contributed by atoms with Gasteiger partial charge in [0.2, 0.25) is 0 Å². The highest BCUT2D eigenvalue weighted by Crippen LogP contribution is 2.17. The van der Waals surface area contributed by atoms with Crippen molar-refractivity contribution in [2.45, 2.75) is 26.3 Å². The molecule has 0 saturated carbocycles. The average molecular weight is 367 g/mol. The smallest absolute Gasteiger partial charge is 0.356 e. The van der Waals surface area contributed by atoms with Crippen LogP contribution in [0.5, 0.6) is 0 Å². The van der Waals surface area contributed by atoms with E-state index in [9.17, 15) is 9.59 Å².